The molecular weight excluding hydrogens is 342 g/mol. The average molecular weight is 369 g/mol. The van der Waals surface area contributed by atoms with Crippen molar-refractivity contribution in [2.24, 2.45) is 5.92 Å². The summed E-state index contributed by atoms with van der Waals surface area (Å²) in [5.41, 5.74) is 0.380. The Morgan fingerprint density at radius 3 is 2.52 bits per heavy atom. The molecule has 1 saturated carbocycles. The molecular formula is C17H27N3O4S. The van der Waals surface area contributed by atoms with Crippen LogP contribution in [-0.4, -0.2) is 42.9 Å². The molecule has 2 fully saturated rings. The molecule has 1 aliphatic carbocycles. The second-order valence-electron chi connectivity index (χ2n) is 7.20. The van der Waals surface area contributed by atoms with E-state index >= 15 is 0 Å². The Morgan fingerprint density at radius 2 is 1.88 bits per heavy atom. The number of aryl methyl sites for hydroxylation is 2. The minimum atomic E-state index is -3.65. The molecule has 3 rings (SSSR count). The Bertz CT molecular complexity index is 703. The van der Waals surface area contributed by atoms with Crippen LogP contribution in [0.1, 0.15) is 56.4 Å². The number of nitrogens with zero attached hydrogens (tertiary/aromatic N) is 2. The maximum absolute atomic E-state index is 12.9. The first-order valence-electron chi connectivity index (χ1n) is 9.13. The fourth-order valence-electron chi connectivity index (χ4n) is 3.93. The van der Waals surface area contributed by atoms with Gasteiger partial charge in [0.25, 0.3) is 0 Å². The Balaban J connectivity index is 1.67. The lowest BCUT2D eigenvalue weighted by molar-refractivity contribution is -0.126. The van der Waals surface area contributed by atoms with Gasteiger partial charge in [-0.05, 0) is 39.5 Å². The summed E-state index contributed by atoms with van der Waals surface area (Å²) in [6.07, 6.45) is 6.85. The molecule has 8 heteroatoms. The first kappa shape index (κ1) is 18.4. The standard InChI is InChI=1S/C17H27N3O4S/c1-12-16(13(2)24-19-12)25(22,23)20-10-6-9-15(11-20)18-17(21)14-7-4-3-5-8-14/h14-15H,3-11H2,1-2H3,(H,18,21)/t15-/m0/s1. The lowest BCUT2D eigenvalue weighted by atomic mass is 9.88. The van der Waals surface area contributed by atoms with Gasteiger partial charge in [-0.15, -0.1) is 0 Å². The van der Waals surface area contributed by atoms with Crippen LogP contribution in [-0.2, 0) is 14.8 Å². The summed E-state index contributed by atoms with van der Waals surface area (Å²) in [5.74, 6) is 0.482. The number of hydrogen-bond acceptors (Lipinski definition) is 5. The molecule has 1 amide bonds. The van der Waals surface area contributed by atoms with E-state index in [0.717, 1.165) is 38.5 Å². The highest BCUT2D eigenvalue weighted by Gasteiger charge is 2.35. The van der Waals surface area contributed by atoms with E-state index in [1.54, 1.807) is 13.8 Å². The molecule has 2 heterocycles. The van der Waals surface area contributed by atoms with E-state index in [0.29, 0.717) is 24.5 Å². The summed E-state index contributed by atoms with van der Waals surface area (Å²) < 4.78 is 32.3. The van der Waals surface area contributed by atoms with Crippen LogP contribution < -0.4 is 5.32 Å². The molecule has 140 valence electrons. The maximum atomic E-state index is 12.9. The van der Waals surface area contributed by atoms with Crippen molar-refractivity contribution < 1.29 is 17.7 Å². The van der Waals surface area contributed by atoms with Crippen molar-refractivity contribution >= 4 is 15.9 Å². The average Bonchev–Trinajstić information content (AvgIpc) is 2.95. The lowest BCUT2D eigenvalue weighted by Gasteiger charge is -2.33. The first-order chi connectivity index (χ1) is 11.9. The number of aromatic nitrogens is 1. The zero-order valence-corrected chi connectivity index (χ0v) is 15.8. The molecule has 0 unspecified atom stereocenters. The van der Waals surface area contributed by atoms with Crippen molar-refractivity contribution in [1.29, 1.82) is 0 Å². The molecule has 0 aromatic carbocycles. The van der Waals surface area contributed by atoms with Crippen molar-refractivity contribution in [1.82, 2.24) is 14.8 Å². The van der Waals surface area contributed by atoms with Gasteiger partial charge in [-0.3, -0.25) is 4.79 Å². The SMILES string of the molecule is Cc1noc(C)c1S(=O)(=O)N1CCC[C@H](NC(=O)C2CCCCC2)C1. The van der Waals surface area contributed by atoms with Crippen LogP contribution in [0.15, 0.2) is 9.42 Å². The van der Waals surface area contributed by atoms with Crippen LogP contribution in [0.4, 0.5) is 0 Å². The second-order valence-corrected chi connectivity index (χ2v) is 9.07. The van der Waals surface area contributed by atoms with Gasteiger partial charge in [0, 0.05) is 25.0 Å². The van der Waals surface area contributed by atoms with E-state index in [2.05, 4.69) is 10.5 Å². The number of sulfonamides is 1. The third-order valence-corrected chi connectivity index (χ3v) is 7.38. The van der Waals surface area contributed by atoms with Crippen LogP contribution in [0, 0.1) is 19.8 Å². The van der Waals surface area contributed by atoms with Gasteiger partial charge in [0.2, 0.25) is 15.9 Å². The van der Waals surface area contributed by atoms with Crippen molar-refractivity contribution in [3.8, 4) is 0 Å². The number of piperidine rings is 1. The highest BCUT2D eigenvalue weighted by atomic mass is 32.2. The molecule has 0 spiro atoms. The first-order valence-corrected chi connectivity index (χ1v) is 10.6. The molecule has 2 aliphatic rings. The van der Waals surface area contributed by atoms with Crippen molar-refractivity contribution in [3.63, 3.8) is 0 Å². The van der Waals surface area contributed by atoms with E-state index in [9.17, 15) is 13.2 Å². The van der Waals surface area contributed by atoms with Crippen LogP contribution in [0.2, 0.25) is 0 Å². The van der Waals surface area contributed by atoms with Crippen LogP contribution >= 0.6 is 0 Å². The van der Waals surface area contributed by atoms with Gasteiger partial charge in [-0.2, -0.15) is 4.31 Å². The second kappa shape index (κ2) is 7.45. The number of amides is 1. The molecule has 1 aromatic rings. The van der Waals surface area contributed by atoms with Gasteiger partial charge in [0.05, 0.1) is 0 Å². The minimum Gasteiger partial charge on any atom is -0.360 e. The van der Waals surface area contributed by atoms with Gasteiger partial charge in [-0.25, -0.2) is 8.42 Å². The Hall–Kier alpha value is -1.41. The monoisotopic (exact) mass is 369 g/mol. The van der Waals surface area contributed by atoms with Crippen LogP contribution in [0.3, 0.4) is 0 Å². The summed E-state index contributed by atoms with van der Waals surface area (Å²) in [6, 6.07) is -0.126. The minimum absolute atomic E-state index is 0.0845. The quantitative estimate of drug-likeness (QED) is 0.878. The highest BCUT2D eigenvalue weighted by molar-refractivity contribution is 7.89. The normalized spacial score (nSPS) is 23.5. The summed E-state index contributed by atoms with van der Waals surface area (Å²) in [4.78, 5) is 12.6. The predicted octanol–water partition coefficient (Wildman–Crippen LogP) is 2.14. The fourth-order valence-corrected chi connectivity index (χ4v) is 5.75. The third-order valence-electron chi connectivity index (χ3n) is 5.27. The smallest absolute Gasteiger partial charge is 0.248 e. The van der Waals surface area contributed by atoms with E-state index in [4.69, 9.17) is 4.52 Å². The highest BCUT2D eigenvalue weighted by Crippen LogP contribution is 2.27. The zero-order chi connectivity index (χ0) is 18.0. The Morgan fingerprint density at radius 1 is 1.16 bits per heavy atom. The van der Waals surface area contributed by atoms with Gasteiger partial charge < -0.3 is 9.84 Å². The number of carbonyl (C=O) groups is 1. The Kier molecular flexibility index (Phi) is 5.48. The molecule has 0 bridgehead atoms. The summed E-state index contributed by atoms with van der Waals surface area (Å²) in [5, 5.41) is 6.84. The van der Waals surface area contributed by atoms with Gasteiger partial charge in [-0.1, -0.05) is 24.4 Å². The topological polar surface area (TPSA) is 92.5 Å². The lowest BCUT2D eigenvalue weighted by Crippen LogP contribution is -2.51. The summed E-state index contributed by atoms with van der Waals surface area (Å²) >= 11 is 0. The maximum Gasteiger partial charge on any atom is 0.248 e. The molecule has 7 nitrogen and oxygen atoms in total. The molecule has 0 radical (unpaired) electrons. The van der Waals surface area contributed by atoms with E-state index < -0.39 is 10.0 Å². The fraction of sp³-hybridized carbons (Fsp3) is 0.765. The molecule has 1 aliphatic heterocycles. The largest absolute Gasteiger partial charge is 0.360 e. The third kappa shape index (κ3) is 3.89. The van der Waals surface area contributed by atoms with E-state index in [-0.39, 0.29) is 22.8 Å². The number of nitrogens with one attached hydrogen (secondary N) is 1. The van der Waals surface area contributed by atoms with Crippen molar-refractivity contribution in [2.75, 3.05) is 13.1 Å². The van der Waals surface area contributed by atoms with Crippen molar-refractivity contribution in [2.45, 2.75) is 69.7 Å². The van der Waals surface area contributed by atoms with E-state index in [1.165, 1.54) is 10.7 Å². The molecule has 1 saturated heterocycles. The summed E-state index contributed by atoms with van der Waals surface area (Å²) in [6.45, 7) is 4.02. The van der Waals surface area contributed by atoms with E-state index in [1.807, 2.05) is 0 Å². The molecule has 1 N–H and O–H groups in total. The van der Waals surface area contributed by atoms with Crippen LogP contribution in [0.5, 0.6) is 0 Å². The predicted molar refractivity (Wildman–Crippen MR) is 92.5 cm³/mol. The number of hydrogen-bond donors (Lipinski definition) is 1. The van der Waals surface area contributed by atoms with Crippen LogP contribution in [0.25, 0.3) is 0 Å². The number of carbonyl (C=O) groups excluding carboxylic acids is 1. The van der Waals surface area contributed by atoms with Gasteiger partial charge in [0.1, 0.15) is 10.6 Å². The molecule has 25 heavy (non-hydrogen) atoms. The van der Waals surface area contributed by atoms with Gasteiger partial charge in [0.15, 0.2) is 5.76 Å². The zero-order valence-electron chi connectivity index (χ0n) is 15.0. The van der Waals surface area contributed by atoms with Gasteiger partial charge >= 0.3 is 0 Å². The summed E-state index contributed by atoms with van der Waals surface area (Å²) in [7, 11) is -3.65. The molecule has 1 aromatic heterocycles. The number of rotatable bonds is 4. The Labute approximate surface area is 149 Å². The molecule has 1 atom stereocenters. The van der Waals surface area contributed by atoms with Crippen molar-refractivity contribution in [3.05, 3.63) is 11.5 Å².